The van der Waals surface area contributed by atoms with E-state index in [-0.39, 0.29) is 0 Å². The number of hydrogen-bond donors (Lipinski definition) is 2. The third-order valence-electron chi connectivity index (χ3n) is 11.9. The first kappa shape index (κ1) is 40.2. The molecule has 10 rings (SSSR count). The van der Waals surface area contributed by atoms with E-state index in [1.54, 1.807) is 12.4 Å². The minimum Gasteiger partial charge on any atom is -0.388 e. The Bertz CT molecular complexity index is 2930. The molecular formula is C58H46N4O2. The molecule has 310 valence electrons. The topological polar surface area (TPSA) is 72.7 Å². The van der Waals surface area contributed by atoms with Gasteiger partial charge < -0.3 is 20.0 Å². The number of aliphatic hydroxyl groups excluding tert-OH is 2. The van der Waals surface area contributed by atoms with Crippen molar-refractivity contribution in [2.45, 2.75) is 25.0 Å². The lowest BCUT2D eigenvalue weighted by atomic mass is 9.99. The van der Waals surface area contributed by atoms with Gasteiger partial charge in [0.25, 0.3) is 0 Å². The van der Waals surface area contributed by atoms with Crippen LogP contribution in [-0.2, 0) is 12.8 Å². The lowest BCUT2D eigenvalue weighted by Crippen LogP contribution is -2.11. The summed E-state index contributed by atoms with van der Waals surface area (Å²) in [6.07, 6.45) is 2.92. The molecular weight excluding hydrogens is 785 g/mol. The van der Waals surface area contributed by atoms with Crippen molar-refractivity contribution < 1.29 is 10.2 Å². The van der Waals surface area contributed by atoms with Crippen LogP contribution in [0, 0.1) is 0 Å². The maximum Gasteiger partial charge on any atom is 0.0888 e. The Morgan fingerprint density at radius 1 is 0.359 bits per heavy atom. The Balaban J connectivity index is 0.838. The van der Waals surface area contributed by atoms with Gasteiger partial charge in [0, 0.05) is 58.8 Å². The molecule has 2 N–H and O–H groups in total. The van der Waals surface area contributed by atoms with Crippen LogP contribution in [0.4, 0.5) is 34.1 Å². The summed E-state index contributed by atoms with van der Waals surface area (Å²) in [5.41, 5.74) is 11.3. The quantitative estimate of drug-likeness (QED) is 0.121. The molecule has 10 aromatic rings. The molecule has 2 atom stereocenters. The summed E-state index contributed by atoms with van der Waals surface area (Å²) in [5.74, 6) is 0. The van der Waals surface area contributed by atoms with Crippen LogP contribution in [0.15, 0.2) is 231 Å². The van der Waals surface area contributed by atoms with Crippen LogP contribution in [0.5, 0.6) is 0 Å². The molecule has 0 radical (unpaired) electrons. The molecule has 6 heteroatoms. The summed E-state index contributed by atoms with van der Waals surface area (Å²) in [5, 5.41) is 27.7. The molecule has 0 bridgehead atoms. The number of pyridine rings is 2. The third kappa shape index (κ3) is 8.48. The van der Waals surface area contributed by atoms with Gasteiger partial charge in [0.05, 0.1) is 35.0 Å². The van der Waals surface area contributed by atoms with Crippen LogP contribution in [0.25, 0.3) is 32.9 Å². The average Bonchev–Trinajstić information content (AvgIpc) is 3.35. The molecule has 0 aliphatic rings. The van der Waals surface area contributed by atoms with E-state index in [2.05, 4.69) is 177 Å². The molecule has 2 unspecified atom stereocenters. The second kappa shape index (κ2) is 18.2. The van der Waals surface area contributed by atoms with Crippen LogP contribution in [-0.4, -0.2) is 20.2 Å². The number of aliphatic hydroxyl groups is 2. The minimum atomic E-state index is -0.723. The van der Waals surface area contributed by atoms with E-state index in [0.717, 1.165) is 67.2 Å². The summed E-state index contributed by atoms with van der Waals surface area (Å²) >= 11 is 0. The molecule has 0 fully saturated rings. The molecule has 6 nitrogen and oxygen atoms in total. The highest BCUT2D eigenvalue weighted by Crippen LogP contribution is 2.41. The number of hydrogen-bond acceptors (Lipinski definition) is 6. The SMILES string of the molecule is OC(Cc1ccnc(-c2cc(CC(O)c3ccc(N(c4ccccc4)c4cccc5ccccc45)cc3)ccn2)c1)c1ccc(N(c2ccccc2)c2cccc3ccccc23)cc1. The van der Waals surface area contributed by atoms with Crippen molar-refractivity contribution in [2.24, 2.45) is 0 Å². The van der Waals surface area contributed by atoms with Crippen molar-refractivity contribution >= 4 is 55.7 Å². The van der Waals surface area contributed by atoms with E-state index in [9.17, 15) is 10.2 Å². The molecule has 8 aromatic carbocycles. The molecule has 0 aliphatic carbocycles. The number of nitrogens with zero attached hydrogens (tertiary/aromatic N) is 4. The first-order chi connectivity index (χ1) is 31.6. The summed E-state index contributed by atoms with van der Waals surface area (Å²) in [6.45, 7) is 0. The van der Waals surface area contributed by atoms with Gasteiger partial charge in [0.1, 0.15) is 0 Å². The summed E-state index contributed by atoms with van der Waals surface area (Å²) in [7, 11) is 0. The molecule has 64 heavy (non-hydrogen) atoms. The second-order valence-electron chi connectivity index (χ2n) is 16.1. The van der Waals surface area contributed by atoms with Gasteiger partial charge in [-0.05, 0) is 118 Å². The second-order valence-corrected chi connectivity index (χ2v) is 16.1. The number of benzene rings is 8. The van der Waals surface area contributed by atoms with Crippen LogP contribution < -0.4 is 9.80 Å². The number of aromatic nitrogens is 2. The molecule has 0 spiro atoms. The predicted octanol–water partition coefficient (Wildman–Crippen LogP) is 13.9. The lowest BCUT2D eigenvalue weighted by molar-refractivity contribution is 0.178. The maximum atomic E-state index is 11.5. The van der Waals surface area contributed by atoms with Crippen LogP contribution in [0.1, 0.15) is 34.5 Å². The number of para-hydroxylation sites is 2. The van der Waals surface area contributed by atoms with E-state index in [1.165, 1.54) is 10.8 Å². The number of anilines is 6. The van der Waals surface area contributed by atoms with Gasteiger partial charge in [0.2, 0.25) is 0 Å². The van der Waals surface area contributed by atoms with Crippen molar-refractivity contribution in [1.29, 1.82) is 0 Å². The Hall–Kier alpha value is -7.90. The zero-order chi connectivity index (χ0) is 43.2. The Morgan fingerprint density at radius 2 is 0.719 bits per heavy atom. The van der Waals surface area contributed by atoms with Crippen molar-refractivity contribution in [3.05, 3.63) is 253 Å². The van der Waals surface area contributed by atoms with Gasteiger partial charge in [0.15, 0.2) is 0 Å². The predicted molar refractivity (Wildman–Crippen MR) is 262 cm³/mol. The molecule has 0 amide bonds. The molecule has 0 saturated heterocycles. The van der Waals surface area contributed by atoms with Crippen molar-refractivity contribution in [3.8, 4) is 11.4 Å². The van der Waals surface area contributed by atoms with Gasteiger partial charge >= 0.3 is 0 Å². The summed E-state index contributed by atoms with van der Waals surface area (Å²) in [6, 6.07) is 74.6. The Labute approximate surface area is 373 Å². The first-order valence-electron chi connectivity index (χ1n) is 21.7. The molecule has 0 saturated carbocycles. The molecule has 2 heterocycles. The van der Waals surface area contributed by atoms with Crippen LogP contribution >= 0.6 is 0 Å². The zero-order valence-electron chi connectivity index (χ0n) is 35.2. The highest BCUT2D eigenvalue weighted by Gasteiger charge is 2.19. The fraction of sp³-hybridized carbons (Fsp3) is 0.0690. The fourth-order valence-electron chi connectivity index (χ4n) is 8.67. The fourth-order valence-corrected chi connectivity index (χ4v) is 8.67. The third-order valence-corrected chi connectivity index (χ3v) is 11.9. The van der Waals surface area contributed by atoms with E-state index in [1.807, 2.05) is 60.7 Å². The molecule has 0 aliphatic heterocycles. The summed E-state index contributed by atoms with van der Waals surface area (Å²) in [4.78, 5) is 13.8. The van der Waals surface area contributed by atoms with Gasteiger partial charge in [-0.3, -0.25) is 9.97 Å². The minimum absolute atomic E-state index is 0.414. The number of rotatable bonds is 13. The summed E-state index contributed by atoms with van der Waals surface area (Å²) < 4.78 is 0. The van der Waals surface area contributed by atoms with Crippen LogP contribution in [0.3, 0.4) is 0 Å². The van der Waals surface area contributed by atoms with E-state index in [0.29, 0.717) is 24.2 Å². The van der Waals surface area contributed by atoms with E-state index in [4.69, 9.17) is 0 Å². The first-order valence-corrected chi connectivity index (χ1v) is 21.7. The van der Waals surface area contributed by atoms with E-state index < -0.39 is 12.2 Å². The molecule has 2 aromatic heterocycles. The standard InChI is InChI=1S/C58H46N4O2/c63-57(45-25-29-49(30-26-45)61(47-17-3-1-4-18-47)55-23-11-15-43-13-7-9-21-51(43)55)39-41-33-35-59-53(37-41)54-38-42(34-36-60-54)40-58(64)46-27-31-50(32-28-46)62(48-19-5-2-6-20-48)56-24-12-16-44-14-8-10-22-52(44)56/h1-38,57-58,63-64H,39-40H2. The monoisotopic (exact) mass is 830 g/mol. The van der Waals surface area contributed by atoms with Gasteiger partial charge in [-0.1, -0.05) is 133 Å². The number of fused-ring (bicyclic) bond motifs is 2. The van der Waals surface area contributed by atoms with Crippen molar-refractivity contribution in [2.75, 3.05) is 9.80 Å². The van der Waals surface area contributed by atoms with Gasteiger partial charge in [-0.15, -0.1) is 0 Å². The zero-order valence-corrected chi connectivity index (χ0v) is 35.2. The van der Waals surface area contributed by atoms with Crippen molar-refractivity contribution in [3.63, 3.8) is 0 Å². The Morgan fingerprint density at radius 3 is 1.14 bits per heavy atom. The van der Waals surface area contributed by atoms with Gasteiger partial charge in [-0.25, -0.2) is 0 Å². The lowest BCUT2D eigenvalue weighted by Gasteiger charge is -2.27. The average molecular weight is 831 g/mol. The smallest absolute Gasteiger partial charge is 0.0888 e. The van der Waals surface area contributed by atoms with Crippen molar-refractivity contribution in [1.82, 2.24) is 9.97 Å². The van der Waals surface area contributed by atoms with Crippen LogP contribution in [0.2, 0.25) is 0 Å². The van der Waals surface area contributed by atoms with E-state index >= 15 is 0 Å². The highest BCUT2D eigenvalue weighted by atomic mass is 16.3. The normalized spacial score (nSPS) is 12.2. The Kier molecular flexibility index (Phi) is 11.4. The maximum absolute atomic E-state index is 11.5. The van der Waals surface area contributed by atoms with Gasteiger partial charge in [-0.2, -0.15) is 0 Å². The highest BCUT2D eigenvalue weighted by molar-refractivity contribution is 6.00. The largest absolute Gasteiger partial charge is 0.388 e.